The van der Waals surface area contributed by atoms with Gasteiger partial charge < -0.3 is 15.2 Å². The summed E-state index contributed by atoms with van der Waals surface area (Å²) >= 11 is 0. The van der Waals surface area contributed by atoms with E-state index in [1.54, 1.807) is 19.5 Å². The zero-order chi connectivity index (χ0) is 15.1. The zero-order valence-corrected chi connectivity index (χ0v) is 12.5. The molecule has 0 saturated carbocycles. The van der Waals surface area contributed by atoms with E-state index in [2.05, 4.69) is 16.9 Å². The average Bonchev–Trinajstić information content (AvgIpc) is 2.54. The van der Waals surface area contributed by atoms with Crippen LogP contribution in [0.15, 0.2) is 36.7 Å². The minimum atomic E-state index is 0.156. The average molecular weight is 287 g/mol. The Morgan fingerprint density at radius 1 is 1.24 bits per heavy atom. The largest absolute Gasteiger partial charge is 0.487 e. The number of rotatable bonds is 7. The van der Waals surface area contributed by atoms with Gasteiger partial charge in [-0.2, -0.15) is 0 Å². The number of hydrogen-bond acceptors (Lipinski definition) is 5. The number of pyridine rings is 2. The summed E-state index contributed by atoms with van der Waals surface area (Å²) in [5.74, 6) is 1.30. The standard InChI is InChI=1S/C16H21N3O2/c1-3-13(17)9-14-6-7-15(10-19-14)21-11-12-5-4-8-18-16(12)20-2/h4-8,10,13H,3,9,11,17H2,1-2H3. The van der Waals surface area contributed by atoms with Gasteiger partial charge >= 0.3 is 0 Å². The van der Waals surface area contributed by atoms with Crippen LogP contribution in [0.25, 0.3) is 0 Å². The van der Waals surface area contributed by atoms with Crippen molar-refractivity contribution in [3.8, 4) is 11.6 Å². The van der Waals surface area contributed by atoms with Gasteiger partial charge in [0.25, 0.3) is 0 Å². The Kier molecular flexibility index (Phi) is 5.51. The summed E-state index contributed by atoms with van der Waals surface area (Å²) in [7, 11) is 1.60. The molecule has 112 valence electrons. The lowest BCUT2D eigenvalue weighted by Gasteiger charge is -2.10. The highest BCUT2D eigenvalue weighted by Crippen LogP contribution is 2.17. The lowest BCUT2D eigenvalue weighted by Crippen LogP contribution is -2.21. The van der Waals surface area contributed by atoms with Gasteiger partial charge in [-0.05, 0) is 30.7 Å². The van der Waals surface area contributed by atoms with Gasteiger partial charge in [-0.15, -0.1) is 0 Å². The highest BCUT2D eigenvalue weighted by Gasteiger charge is 2.06. The third-order valence-electron chi connectivity index (χ3n) is 3.23. The molecule has 0 aromatic carbocycles. The second kappa shape index (κ2) is 7.59. The fourth-order valence-electron chi connectivity index (χ4n) is 1.91. The van der Waals surface area contributed by atoms with Crippen molar-refractivity contribution in [1.29, 1.82) is 0 Å². The Balaban J connectivity index is 1.94. The Morgan fingerprint density at radius 2 is 2.10 bits per heavy atom. The summed E-state index contributed by atoms with van der Waals surface area (Å²) in [6.07, 6.45) is 5.14. The molecule has 0 aliphatic rings. The molecule has 0 fully saturated rings. The molecule has 2 N–H and O–H groups in total. The van der Waals surface area contributed by atoms with Gasteiger partial charge in [0, 0.05) is 24.4 Å². The van der Waals surface area contributed by atoms with Gasteiger partial charge in [-0.1, -0.05) is 6.92 Å². The van der Waals surface area contributed by atoms with Gasteiger partial charge in [-0.3, -0.25) is 4.98 Å². The monoisotopic (exact) mass is 287 g/mol. The number of nitrogens with zero attached hydrogens (tertiary/aromatic N) is 2. The summed E-state index contributed by atoms with van der Waals surface area (Å²) in [5.41, 5.74) is 7.80. The third-order valence-corrected chi connectivity index (χ3v) is 3.23. The highest BCUT2D eigenvalue weighted by atomic mass is 16.5. The van der Waals surface area contributed by atoms with Crippen LogP contribution in [0.1, 0.15) is 24.6 Å². The molecule has 2 heterocycles. The minimum absolute atomic E-state index is 0.156. The van der Waals surface area contributed by atoms with Crippen molar-refractivity contribution in [2.24, 2.45) is 5.73 Å². The van der Waals surface area contributed by atoms with Crippen LogP contribution in [0, 0.1) is 0 Å². The molecule has 21 heavy (non-hydrogen) atoms. The molecule has 0 saturated heterocycles. The topological polar surface area (TPSA) is 70.3 Å². The van der Waals surface area contributed by atoms with Crippen LogP contribution < -0.4 is 15.2 Å². The van der Waals surface area contributed by atoms with E-state index < -0.39 is 0 Å². The molecule has 2 rings (SSSR count). The summed E-state index contributed by atoms with van der Waals surface area (Å²) < 4.78 is 10.9. The van der Waals surface area contributed by atoms with Crippen molar-refractivity contribution in [2.45, 2.75) is 32.4 Å². The van der Waals surface area contributed by atoms with E-state index in [1.165, 1.54) is 0 Å². The van der Waals surface area contributed by atoms with E-state index in [4.69, 9.17) is 15.2 Å². The fraction of sp³-hybridized carbons (Fsp3) is 0.375. The quantitative estimate of drug-likeness (QED) is 0.846. The lowest BCUT2D eigenvalue weighted by molar-refractivity contribution is 0.292. The Hall–Kier alpha value is -2.14. The first kappa shape index (κ1) is 15.3. The normalized spacial score (nSPS) is 12.0. The van der Waals surface area contributed by atoms with Crippen LogP contribution >= 0.6 is 0 Å². The number of hydrogen-bond donors (Lipinski definition) is 1. The maximum atomic E-state index is 5.92. The molecule has 0 spiro atoms. The lowest BCUT2D eigenvalue weighted by atomic mass is 10.1. The molecule has 2 aromatic rings. The van der Waals surface area contributed by atoms with Crippen LogP contribution in [0.3, 0.4) is 0 Å². The SMILES string of the molecule is CCC(N)Cc1ccc(OCc2cccnc2OC)cn1. The summed E-state index contributed by atoms with van der Waals surface area (Å²) in [6, 6.07) is 7.80. The summed E-state index contributed by atoms with van der Waals surface area (Å²) in [6.45, 7) is 2.47. The number of nitrogens with two attached hydrogens (primary N) is 1. The molecule has 1 atom stereocenters. The third kappa shape index (κ3) is 4.43. The molecule has 0 radical (unpaired) electrons. The van der Waals surface area contributed by atoms with Gasteiger partial charge in [0.1, 0.15) is 12.4 Å². The summed E-state index contributed by atoms with van der Waals surface area (Å²) in [4.78, 5) is 8.50. The van der Waals surface area contributed by atoms with Gasteiger partial charge in [0.15, 0.2) is 0 Å². The molecule has 5 nitrogen and oxygen atoms in total. The predicted molar refractivity (Wildman–Crippen MR) is 81.3 cm³/mol. The van der Waals surface area contributed by atoms with Gasteiger partial charge in [0.2, 0.25) is 5.88 Å². The van der Waals surface area contributed by atoms with Crippen LogP contribution in [0.4, 0.5) is 0 Å². The highest BCUT2D eigenvalue weighted by molar-refractivity contribution is 5.26. The van der Waals surface area contributed by atoms with Crippen molar-refractivity contribution in [3.05, 3.63) is 47.9 Å². The molecule has 2 aromatic heterocycles. The molecule has 0 bridgehead atoms. The molecule has 1 unspecified atom stereocenters. The van der Waals surface area contributed by atoms with E-state index in [9.17, 15) is 0 Å². The second-order valence-corrected chi connectivity index (χ2v) is 4.82. The van der Waals surface area contributed by atoms with E-state index in [1.807, 2.05) is 24.3 Å². The first-order valence-electron chi connectivity index (χ1n) is 7.04. The minimum Gasteiger partial charge on any atom is -0.487 e. The van der Waals surface area contributed by atoms with E-state index in [-0.39, 0.29) is 6.04 Å². The van der Waals surface area contributed by atoms with Crippen molar-refractivity contribution in [1.82, 2.24) is 9.97 Å². The van der Waals surface area contributed by atoms with Gasteiger partial charge in [0.05, 0.1) is 18.9 Å². The maximum Gasteiger partial charge on any atom is 0.219 e. The molecular formula is C16H21N3O2. The second-order valence-electron chi connectivity index (χ2n) is 4.82. The Morgan fingerprint density at radius 3 is 2.76 bits per heavy atom. The molecule has 0 amide bonds. The predicted octanol–water partition coefficient (Wildman–Crippen LogP) is 2.34. The molecule has 5 heteroatoms. The van der Waals surface area contributed by atoms with E-state index in [0.29, 0.717) is 12.5 Å². The van der Waals surface area contributed by atoms with Crippen molar-refractivity contribution >= 4 is 0 Å². The number of ether oxygens (including phenoxy) is 2. The van der Waals surface area contributed by atoms with Crippen LogP contribution in [0.5, 0.6) is 11.6 Å². The van der Waals surface area contributed by atoms with Crippen LogP contribution in [-0.4, -0.2) is 23.1 Å². The number of methoxy groups -OCH3 is 1. The van der Waals surface area contributed by atoms with Crippen LogP contribution in [-0.2, 0) is 13.0 Å². The number of aromatic nitrogens is 2. The van der Waals surface area contributed by atoms with Crippen molar-refractivity contribution < 1.29 is 9.47 Å². The summed E-state index contributed by atoms with van der Waals surface area (Å²) in [5, 5.41) is 0. The molecule has 0 aliphatic heterocycles. The maximum absolute atomic E-state index is 5.92. The van der Waals surface area contributed by atoms with E-state index in [0.717, 1.165) is 29.8 Å². The van der Waals surface area contributed by atoms with Crippen molar-refractivity contribution in [3.63, 3.8) is 0 Å². The Labute approximate surface area is 125 Å². The first-order valence-corrected chi connectivity index (χ1v) is 7.04. The Bertz CT molecular complexity index is 558. The fourth-order valence-corrected chi connectivity index (χ4v) is 1.91. The first-order chi connectivity index (χ1) is 10.2. The van der Waals surface area contributed by atoms with Gasteiger partial charge in [-0.25, -0.2) is 4.98 Å². The molecule has 0 aliphatic carbocycles. The smallest absolute Gasteiger partial charge is 0.219 e. The van der Waals surface area contributed by atoms with Crippen molar-refractivity contribution in [2.75, 3.05) is 7.11 Å². The van der Waals surface area contributed by atoms with E-state index >= 15 is 0 Å². The zero-order valence-electron chi connectivity index (χ0n) is 12.5. The molecular weight excluding hydrogens is 266 g/mol. The van der Waals surface area contributed by atoms with Crippen LogP contribution in [0.2, 0.25) is 0 Å².